The SMILES string of the molecule is O=C(NCc1ccc(C(F)(F)F)cc1)[C@H]1COc2ccc(Cl)cc2C1. The van der Waals surface area contributed by atoms with E-state index in [9.17, 15) is 18.0 Å². The topological polar surface area (TPSA) is 38.3 Å². The van der Waals surface area contributed by atoms with Crippen molar-refractivity contribution in [3.63, 3.8) is 0 Å². The molecule has 0 fully saturated rings. The average Bonchev–Trinajstić information content (AvgIpc) is 2.58. The molecule has 0 spiro atoms. The zero-order valence-electron chi connectivity index (χ0n) is 13.1. The van der Waals surface area contributed by atoms with E-state index in [0.717, 1.165) is 23.4 Å². The average molecular weight is 370 g/mol. The predicted octanol–water partition coefficient (Wildman–Crippen LogP) is 4.23. The van der Waals surface area contributed by atoms with E-state index in [1.807, 2.05) is 0 Å². The maximum Gasteiger partial charge on any atom is 0.416 e. The number of rotatable bonds is 3. The number of amides is 1. The van der Waals surface area contributed by atoms with E-state index in [2.05, 4.69) is 5.32 Å². The first kappa shape index (κ1) is 17.6. The summed E-state index contributed by atoms with van der Waals surface area (Å²) in [6, 6.07) is 9.99. The second kappa shape index (κ2) is 6.96. The molecular formula is C18H15ClF3NO2. The van der Waals surface area contributed by atoms with E-state index >= 15 is 0 Å². The van der Waals surface area contributed by atoms with Crippen molar-refractivity contribution in [2.75, 3.05) is 6.61 Å². The van der Waals surface area contributed by atoms with Gasteiger partial charge >= 0.3 is 6.18 Å². The van der Waals surface area contributed by atoms with Gasteiger partial charge in [-0.25, -0.2) is 0 Å². The van der Waals surface area contributed by atoms with Crippen molar-refractivity contribution in [3.8, 4) is 5.75 Å². The first-order valence-electron chi connectivity index (χ1n) is 7.68. The van der Waals surface area contributed by atoms with Crippen LogP contribution in [0.3, 0.4) is 0 Å². The highest BCUT2D eigenvalue weighted by atomic mass is 35.5. The van der Waals surface area contributed by atoms with Crippen molar-refractivity contribution in [2.24, 2.45) is 5.92 Å². The normalized spacial score (nSPS) is 16.7. The summed E-state index contributed by atoms with van der Waals surface area (Å²) in [5.41, 5.74) is 0.756. The lowest BCUT2D eigenvalue weighted by Crippen LogP contribution is -2.37. The summed E-state index contributed by atoms with van der Waals surface area (Å²) >= 11 is 5.95. The van der Waals surface area contributed by atoms with Crippen LogP contribution in [0.1, 0.15) is 16.7 Å². The summed E-state index contributed by atoms with van der Waals surface area (Å²) < 4.78 is 43.2. The third-order valence-corrected chi connectivity index (χ3v) is 4.28. The minimum atomic E-state index is -4.37. The molecule has 1 aliphatic rings. The van der Waals surface area contributed by atoms with E-state index in [1.165, 1.54) is 12.1 Å². The van der Waals surface area contributed by atoms with Gasteiger partial charge in [0.15, 0.2) is 0 Å². The summed E-state index contributed by atoms with van der Waals surface area (Å²) in [7, 11) is 0. The van der Waals surface area contributed by atoms with E-state index in [-0.39, 0.29) is 25.0 Å². The molecule has 1 N–H and O–H groups in total. The molecule has 2 aromatic carbocycles. The fourth-order valence-electron chi connectivity index (χ4n) is 2.68. The maximum absolute atomic E-state index is 12.5. The molecule has 0 bridgehead atoms. The zero-order chi connectivity index (χ0) is 18.0. The van der Waals surface area contributed by atoms with Crippen molar-refractivity contribution in [2.45, 2.75) is 19.1 Å². The maximum atomic E-state index is 12.5. The van der Waals surface area contributed by atoms with E-state index in [1.54, 1.807) is 18.2 Å². The Morgan fingerprint density at radius 1 is 1.20 bits per heavy atom. The Hall–Kier alpha value is -2.21. The number of hydrogen-bond donors (Lipinski definition) is 1. The number of carbonyl (C=O) groups excluding carboxylic acids is 1. The Morgan fingerprint density at radius 3 is 2.60 bits per heavy atom. The third kappa shape index (κ3) is 4.25. The Bertz CT molecular complexity index is 775. The number of alkyl halides is 3. The summed E-state index contributed by atoms with van der Waals surface area (Å²) in [6.45, 7) is 0.420. The van der Waals surface area contributed by atoms with Gasteiger partial charge in [-0.3, -0.25) is 4.79 Å². The highest BCUT2D eigenvalue weighted by Gasteiger charge is 2.30. The van der Waals surface area contributed by atoms with E-state index in [0.29, 0.717) is 17.0 Å². The van der Waals surface area contributed by atoms with Crippen LogP contribution in [0.5, 0.6) is 5.75 Å². The standard InChI is InChI=1S/C18H15ClF3NO2/c19-15-5-6-16-12(8-15)7-13(10-25-16)17(24)23-9-11-1-3-14(4-2-11)18(20,21)22/h1-6,8,13H,7,9-10H2,(H,23,24)/t13-/m1/s1. The lowest BCUT2D eigenvalue weighted by molar-refractivity contribution is -0.137. The van der Waals surface area contributed by atoms with E-state index in [4.69, 9.17) is 16.3 Å². The molecule has 132 valence electrons. The quantitative estimate of drug-likeness (QED) is 0.879. The number of ether oxygens (including phenoxy) is 1. The van der Waals surface area contributed by atoms with Crippen LogP contribution in [-0.2, 0) is 23.9 Å². The fraction of sp³-hybridized carbons (Fsp3) is 0.278. The molecule has 0 saturated carbocycles. The first-order valence-corrected chi connectivity index (χ1v) is 8.06. The van der Waals surface area contributed by atoms with Gasteiger partial charge < -0.3 is 10.1 Å². The van der Waals surface area contributed by atoms with Crippen molar-refractivity contribution >= 4 is 17.5 Å². The van der Waals surface area contributed by atoms with Crippen LogP contribution in [0.25, 0.3) is 0 Å². The van der Waals surface area contributed by atoms with Gasteiger partial charge in [0.25, 0.3) is 0 Å². The van der Waals surface area contributed by atoms with Crippen LogP contribution in [0.4, 0.5) is 13.2 Å². The summed E-state index contributed by atoms with van der Waals surface area (Å²) in [5, 5.41) is 3.32. The molecule has 0 saturated heterocycles. The second-order valence-corrected chi connectivity index (χ2v) is 6.31. The van der Waals surface area contributed by atoms with Crippen LogP contribution in [0, 0.1) is 5.92 Å². The van der Waals surface area contributed by atoms with E-state index < -0.39 is 11.7 Å². The van der Waals surface area contributed by atoms with Gasteiger partial charge in [-0.2, -0.15) is 13.2 Å². The molecule has 1 amide bonds. The Balaban J connectivity index is 1.58. The fourth-order valence-corrected chi connectivity index (χ4v) is 2.87. The van der Waals surface area contributed by atoms with Crippen LogP contribution < -0.4 is 10.1 Å². The summed E-state index contributed by atoms with van der Waals surface area (Å²) in [6.07, 6.45) is -3.86. The Labute approximate surface area is 147 Å². The highest BCUT2D eigenvalue weighted by Crippen LogP contribution is 2.30. The highest BCUT2D eigenvalue weighted by molar-refractivity contribution is 6.30. The second-order valence-electron chi connectivity index (χ2n) is 5.88. The van der Waals surface area contributed by atoms with Crippen molar-refractivity contribution in [3.05, 3.63) is 64.2 Å². The van der Waals surface area contributed by atoms with Gasteiger partial charge in [0.2, 0.25) is 5.91 Å². The monoisotopic (exact) mass is 369 g/mol. The molecular weight excluding hydrogens is 355 g/mol. The molecule has 0 unspecified atom stereocenters. The van der Waals surface area contributed by atoms with Gasteiger partial charge in [0.05, 0.1) is 11.5 Å². The number of carbonyl (C=O) groups is 1. The van der Waals surface area contributed by atoms with Crippen LogP contribution in [0.15, 0.2) is 42.5 Å². The van der Waals surface area contributed by atoms with Gasteiger partial charge in [-0.15, -0.1) is 0 Å². The van der Waals surface area contributed by atoms with Crippen LogP contribution >= 0.6 is 11.6 Å². The van der Waals surface area contributed by atoms with Gasteiger partial charge in [-0.05, 0) is 47.9 Å². The molecule has 25 heavy (non-hydrogen) atoms. The number of hydrogen-bond acceptors (Lipinski definition) is 2. The number of benzene rings is 2. The Kier molecular flexibility index (Phi) is 4.90. The molecule has 1 heterocycles. The molecule has 2 aromatic rings. The van der Waals surface area contributed by atoms with Gasteiger partial charge in [-0.1, -0.05) is 23.7 Å². The Morgan fingerprint density at radius 2 is 1.92 bits per heavy atom. The van der Waals surface area contributed by atoms with Crippen molar-refractivity contribution in [1.82, 2.24) is 5.32 Å². The number of halogens is 4. The third-order valence-electron chi connectivity index (χ3n) is 4.05. The molecule has 3 nitrogen and oxygen atoms in total. The lowest BCUT2D eigenvalue weighted by Gasteiger charge is -2.24. The summed E-state index contributed by atoms with van der Waals surface area (Å²) in [4.78, 5) is 12.3. The molecule has 0 radical (unpaired) electrons. The molecule has 7 heteroatoms. The number of nitrogens with one attached hydrogen (secondary N) is 1. The zero-order valence-corrected chi connectivity index (χ0v) is 13.8. The van der Waals surface area contributed by atoms with Crippen molar-refractivity contribution < 1.29 is 22.7 Å². The van der Waals surface area contributed by atoms with Crippen LogP contribution in [0.2, 0.25) is 5.02 Å². The molecule has 0 aromatic heterocycles. The minimum absolute atomic E-state index is 0.163. The summed E-state index contributed by atoms with van der Waals surface area (Å²) in [5.74, 6) is 0.155. The lowest BCUT2D eigenvalue weighted by atomic mass is 9.96. The van der Waals surface area contributed by atoms with Crippen molar-refractivity contribution in [1.29, 1.82) is 0 Å². The smallest absolute Gasteiger partial charge is 0.416 e. The number of fused-ring (bicyclic) bond motifs is 1. The van der Waals surface area contributed by atoms with Gasteiger partial charge in [0, 0.05) is 11.6 Å². The predicted molar refractivity (Wildman–Crippen MR) is 87.4 cm³/mol. The molecule has 3 rings (SSSR count). The minimum Gasteiger partial charge on any atom is -0.492 e. The van der Waals surface area contributed by atoms with Crippen LogP contribution in [-0.4, -0.2) is 12.5 Å². The molecule has 1 atom stereocenters. The molecule has 1 aliphatic heterocycles. The molecule has 0 aliphatic carbocycles. The largest absolute Gasteiger partial charge is 0.492 e. The first-order chi connectivity index (χ1) is 11.8. The van der Waals surface area contributed by atoms with Gasteiger partial charge in [0.1, 0.15) is 12.4 Å².